The lowest BCUT2D eigenvalue weighted by Crippen LogP contribution is -2.05. The molecule has 0 radical (unpaired) electrons. The molecule has 2 unspecified atom stereocenters. The summed E-state index contributed by atoms with van der Waals surface area (Å²) < 4.78 is 0.699. The summed E-state index contributed by atoms with van der Waals surface area (Å²) in [5.41, 5.74) is 0. The average molecular weight is 179 g/mol. The van der Waals surface area contributed by atoms with Crippen LogP contribution >= 0.6 is 15.9 Å². The Morgan fingerprint density at radius 1 is 1.62 bits per heavy atom. The minimum atomic E-state index is -0.481. The quantitative estimate of drug-likeness (QED) is 0.564. The van der Waals surface area contributed by atoms with Crippen LogP contribution in [0.25, 0.3) is 0 Å². The van der Waals surface area contributed by atoms with Crippen LogP contribution in [-0.4, -0.2) is 22.4 Å². The third-order valence-electron chi connectivity index (χ3n) is 1.13. The number of aliphatic hydroxyl groups is 2. The summed E-state index contributed by atoms with van der Waals surface area (Å²) in [5, 5.41) is 17.7. The van der Waals surface area contributed by atoms with Crippen molar-refractivity contribution in [2.45, 2.75) is 18.6 Å². The van der Waals surface area contributed by atoms with Crippen molar-refractivity contribution >= 4 is 15.9 Å². The van der Waals surface area contributed by atoms with Crippen molar-refractivity contribution in [3.05, 3.63) is 10.6 Å². The lowest BCUT2D eigenvalue weighted by atomic mass is 10.3. The highest BCUT2D eigenvalue weighted by Crippen LogP contribution is 2.23. The van der Waals surface area contributed by atoms with Crippen LogP contribution in [0.5, 0.6) is 0 Å². The fourth-order valence-corrected chi connectivity index (χ4v) is 1.20. The van der Waals surface area contributed by atoms with Crippen LogP contribution < -0.4 is 0 Å². The highest BCUT2D eigenvalue weighted by atomic mass is 79.9. The van der Waals surface area contributed by atoms with Gasteiger partial charge in [-0.15, -0.1) is 0 Å². The molecule has 0 amide bonds. The lowest BCUT2D eigenvalue weighted by Gasteiger charge is -1.99. The van der Waals surface area contributed by atoms with E-state index in [-0.39, 0.29) is 0 Å². The van der Waals surface area contributed by atoms with Gasteiger partial charge in [0.05, 0.1) is 12.2 Å². The van der Waals surface area contributed by atoms with Crippen LogP contribution in [-0.2, 0) is 0 Å². The van der Waals surface area contributed by atoms with Crippen LogP contribution in [0.15, 0.2) is 10.6 Å². The molecule has 3 heteroatoms. The Morgan fingerprint density at radius 2 is 2.25 bits per heavy atom. The van der Waals surface area contributed by atoms with Crippen molar-refractivity contribution in [1.29, 1.82) is 0 Å². The van der Waals surface area contributed by atoms with Gasteiger partial charge in [-0.2, -0.15) is 0 Å². The number of hydrogen-bond acceptors (Lipinski definition) is 2. The minimum absolute atomic E-state index is 0.431. The topological polar surface area (TPSA) is 40.5 Å². The second-order valence-corrected chi connectivity index (χ2v) is 2.79. The fraction of sp³-hybridized carbons (Fsp3) is 0.600. The molecule has 1 aliphatic carbocycles. The van der Waals surface area contributed by atoms with Crippen LogP contribution in [0.1, 0.15) is 6.42 Å². The zero-order valence-electron chi connectivity index (χ0n) is 4.21. The molecule has 0 spiro atoms. The van der Waals surface area contributed by atoms with E-state index >= 15 is 0 Å². The third kappa shape index (κ3) is 1.10. The monoisotopic (exact) mass is 178 g/mol. The SMILES string of the molecule is OC1C=C(Br)C(O)C1. The molecule has 8 heavy (non-hydrogen) atoms. The van der Waals surface area contributed by atoms with Crippen LogP contribution in [0.2, 0.25) is 0 Å². The molecule has 0 saturated heterocycles. The number of halogens is 1. The molecule has 0 saturated carbocycles. The van der Waals surface area contributed by atoms with E-state index in [4.69, 9.17) is 10.2 Å². The molecule has 0 aromatic rings. The van der Waals surface area contributed by atoms with Crippen LogP contribution in [0, 0.1) is 0 Å². The molecule has 2 nitrogen and oxygen atoms in total. The van der Waals surface area contributed by atoms with Gasteiger partial charge in [0, 0.05) is 10.9 Å². The second-order valence-electron chi connectivity index (χ2n) is 1.87. The molecular formula is C5H7BrO2. The maximum Gasteiger partial charge on any atom is 0.0880 e. The van der Waals surface area contributed by atoms with Gasteiger partial charge in [-0.05, 0) is 6.08 Å². The van der Waals surface area contributed by atoms with Gasteiger partial charge in [-0.3, -0.25) is 0 Å². The van der Waals surface area contributed by atoms with Crippen molar-refractivity contribution in [2.75, 3.05) is 0 Å². The van der Waals surface area contributed by atoms with E-state index < -0.39 is 12.2 Å². The van der Waals surface area contributed by atoms with Gasteiger partial charge in [0.25, 0.3) is 0 Å². The first-order valence-corrected chi connectivity index (χ1v) is 3.23. The number of rotatable bonds is 0. The smallest absolute Gasteiger partial charge is 0.0880 e. The van der Waals surface area contributed by atoms with Gasteiger partial charge < -0.3 is 10.2 Å². The van der Waals surface area contributed by atoms with E-state index in [2.05, 4.69) is 15.9 Å². The van der Waals surface area contributed by atoms with Gasteiger partial charge in [-0.25, -0.2) is 0 Å². The first-order valence-electron chi connectivity index (χ1n) is 2.43. The van der Waals surface area contributed by atoms with Gasteiger partial charge in [-0.1, -0.05) is 15.9 Å². The molecule has 1 rings (SSSR count). The Bertz CT molecular complexity index is 122. The molecule has 0 aliphatic heterocycles. The molecule has 0 bridgehead atoms. The summed E-state index contributed by atoms with van der Waals surface area (Å²) in [7, 11) is 0. The Morgan fingerprint density at radius 3 is 2.38 bits per heavy atom. The van der Waals surface area contributed by atoms with E-state index in [9.17, 15) is 0 Å². The van der Waals surface area contributed by atoms with Crippen LogP contribution in [0.3, 0.4) is 0 Å². The maximum atomic E-state index is 8.89. The maximum absolute atomic E-state index is 8.89. The zero-order valence-corrected chi connectivity index (χ0v) is 5.80. The Balaban J connectivity index is 2.59. The summed E-state index contributed by atoms with van der Waals surface area (Å²) in [5.74, 6) is 0. The highest BCUT2D eigenvalue weighted by molar-refractivity contribution is 9.11. The Labute approximate surface area is 56.0 Å². The van der Waals surface area contributed by atoms with Crippen molar-refractivity contribution in [3.63, 3.8) is 0 Å². The Hall–Kier alpha value is 0.140. The summed E-state index contributed by atoms with van der Waals surface area (Å²) in [6.07, 6.45) is 1.09. The van der Waals surface area contributed by atoms with Crippen molar-refractivity contribution in [3.8, 4) is 0 Å². The second kappa shape index (κ2) is 2.17. The molecule has 2 atom stereocenters. The first-order chi connectivity index (χ1) is 3.70. The third-order valence-corrected chi connectivity index (χ3v) is 1.93. The Kier molecular flexibility index (Phi) is 1.70. The predicted octanol–water partition coefficient (Wildman–Crippen LogP) is 0.391. The van der Waals surface area contributed by atoms with E-state index in [1.165, 1.54) is 0 Å². The van der Waals surface area contributed by atoms with E-state index in [1.807, 2.05) is 0 Å². The predicted molar refractivity (Wildman–Crippen MR) is 33.6 cm³/mol. The molecule has 0 aromatic carbocycles. The summed E-state index contributed by atoms with van der Waals surface area (Å²) in [6, 6.07) is 0. The molecule has 0 aromatic heterocycles. The fourth-order valence-electron chi connectivity index (χ4n) is 0.704. The molecular weight excluding hydrogens is 172 g/mol. The largest absolute Gasteiger partial charge is 0.389 e. The average Bonchev–Trinajstić information content (AvgIpc) is 1.85. The molecule has 0 fully saturated rings. The van der Waals surface area contributed by atoms with Crippen molar-refractivity contribution < 1.29 is 10.2 Å². The number of aliphatic hydroxyl groups excluding tert-OH is 2. The van der Waals surface area contributed by atoms with Crippen LogP contribution in [0.4, 0.5) is 0 Å². The van der Waals surface area contributed by atoms with Crippen molar-refractivity contribution in [1.82, 2.24) is 0 Å². The van der Waals surface area contributed by atoms with E-state index in [0.29, 0.717) is 10.9 Å². The van der Waals surface area contributed by atoms with Gasteiger partial charge >= 0.3 is 0 Å². The van der Waals surface area contributed by atoms with E-state index in [1.54, 1.807) is 6.08 Å². The molecule has 0 heterocycles. The standard InChI is InChI=1S/C5H7BrO2/c6-4-1-3(7)2-5(4)8/h1,3,5,7-8H,2H2. The van der Waals surface area contributed by atoms with E-state index in [0.717, 1.165) is 0 Å². The van der Waals surface area contributed by atoms with Crippen molar-refractivity contribution in [2.24, 2.45) is 0 Å². The summed E-state index contributed by atoms with van der Waals surface area (Å²) in [4.78, 5) is 0. The molecule has 46 valence electrons. The molecule has 1 aliphatic rings. The van der Waals surface area contributed by atoms with Gasteiger partial charge in [0.2, 0.25) is 0 Å². The summed E-state index contributed by atoms with van der Waals surface area (Å²) in [6.45, 7) is 0. The van der Waals surface area contributed by atoms with Gasteiger partial charge in [0.1, 0.15) is 0 Å². The first kappa shape index (κ1) is 6.26. The highest BCUT2D eigenvalue weighted by Gasteiger charge is 2.20. The normalized spacial score (nSPS) is 37.6. The minimum Gasteiger partial charge on any atom is -0.389 e. The summed E-state index contributed by atoms with van der Waals surface area (Å²) >= 11 is 3.10. The number of hydrogen-bond donors (Lipinski definition) is 2. The lowest BCUT2D eigenvalue weighted by molar-refractivity contribution is 0.150. The van der Waals surface area contributed by atoms with Gasteiger partial charge in [0.15, 0.2) is 0 Å². The zero-order chi connectivity index (χ0) is 6.15. The molecule has 2 N–H and O–H groups in total.